The van der Waals surface area contributed by atoms with Gasteiger partial charge in [0.1, 0.15) is 0 Å². The highest BCUT2D eigenvalue weighted by Gasteiger charge is 2.45. The molecule has 1 unspecified atom stereocenters. The maximum atomic E-state index is 12.3. The van der Waals surface area contributed by atoms with E-state index in [4.69, 9.17) is 0 Å². The van der Waals surface area contributed by atoms with E-state index in [1.807, 2.05) is 20.9 Å². The number of ketones is 1. The second kappa shape index (κ2) is 3.84. The molecule has 0 radical (unpaired) electrons. The number of amides is 1. The molecule has 0 aromatic heterocycles. The standard InChI is InChI=1S/C12H20N2O2/c1-12(2)10(15)5-7-14(12)11(16)9-4-6-13(3)8-9/h9H,4-8H2,1-3H3. The van der Waals surface area contributed by atoms with Crippen molar-refractivity contribution in [2.24, 2.45) is 5.92 Å². The fraction of sp³-hybridized carbons (Fsp3) is 0.833. The maximum Gasteiger partial charge on any atom is 0.227 e. The van der Waals surface area contributed by atoms with Gasteiger partial charge < -0.3 is 9.80 Å². The van der Waals surface area contributed by atoms with Crippen LogP contribution in [0.1, 0.15) is 26.7 Å². The predicted molar refractivity (Wildman–Crippen MR) is 61.0 cm³/mol. The highest BCUT2D eigenvalue weighted by atomic mass is 16.2. The summed E-state index contributed by atoms with van der Waals surface area (Å²) in [6.45, 7) is 6.14. The fourth-order valence-corrected chi connectivity index (χ4v) is 2.69. The summed E-state index contributed by atoms with van der Waals surface area (Å²) in [6.07, 6.45) is 1.44. The molecule has 16 heavy (non-hydrogen) atoms. The first-order chi connectivity index (χ1) is 7.43. The first-order valence-corrected chi connectivity index (χ1v) is 5.96. The largest absolute Gasteiger partial charge is 0.330 e. The Balaban J connectivity index is 2.08. The Morgan fingerprint density at radius 1 is 1.38 bits per heavy atom. The smallest absolute Gasteiger partial charge is 0.227 e. The van der Waals surface area contributed by atoms with Crippen molar-refractivity contribution in [2.45, 2.75) is 32.2 Å². The van der Waals surface area contributed by atoms with E-state index in [-0.39, 0.29) is 17.6 Å². The van der Waals surface area contributed by atoms with Crippen LogP contribution in [-0.4, -0.2) is 53.7 Å². The van der Waals surface area contributed by atoms with Crippen molar-refractivity contribution in [2.75, 3.05) is 26.7 Å². The minimum atomic E-state index is -0.585. The fourth-order valence-electron chi connectivity index (χ4n) is 2.69. The summed E-state index contributed by atoms with van der Waals surface area (Å²) in [5, 5.41) is 0. The van der Waals surface area contributed by atoms with Gasteiger partial charge in [-0.15, -0.1) is 0 Å². The van der Waals surface area contributed by atoms with Gasteiger partial charge in [-0.3, -0.25) is 9.59 Å². The van der Waals surface area contributed by atoms with Gasteiger partial charge in [0.25, 0.3) is 0 Å². The van der Waals surface area contributed by atoms with Crippen LogP contribution in [0, 0.1) is 5.92 Å². The summed E-state index contributed by atoms with van der Waals surface area (Å²) in [6, 6.07) is 0. The number of carbonyl (C=O) groups is 2. The van der Waals surface area contributed by atoms with Crippen LogP contribution >= 0.6 is 0 Å². The lowest BCUT2D eigenvalue weighted by atomic mass is 9.98. The highest BCUT2D eigenvalue weighted by Crippen LogP contribution is 2.29. The molecule has 1 atom stereocenters. The first-order valence-electron chi connectivity index (χ1n) is 5.96. The van der Waals surface area contributed by atoms with Crippen LogP contribution in [0.25, 0.3) is 0 Å². The van der Waals surface area contributed by atoms with Crippen molar-refractivity contribution < 1.29 is 9.59 Å². The van der Waals surface area contributed by atoms with E-state index >= 15 is 0 Å². The van der Waals surface area contributed by atoms with Crippen LogP contribution in [-0.2, 0) is 9.59 Å². The molecular formula is C12H20N2O2. The first kappa shape index (κ1) is 11.6. The lowest BCUT2D eigenvalue weighted by Crippen LogP contribution is -2.49. The number of hydrogen-bond acceptors (Lipinski definition) is 3. The van der Waals surface area contributed by atoms with Gasteiger partial charge in [-0.25, -0.2) is 0 Å². The molecule has 0 aromatic rings. The van der Waals surface area contributed by atoms with E-state index in [0.717, 1.165) is 19.5 Å². The van der Waals surface area contributed by atoms with Crippen LogP contribution in [0.4, 0.5) is 0 Å². The van der Waals surface area contributed by atoms with Crippen molar-refractivity contribution >= 4 is 11.7 Å². The van der Waals surface area contributed by atoms with Crippen molar-refractivity contribution in [3.05, 3.63) is 0 Å². The van der Waals surface area contributed by atoms with Crippen molar-refractivity contribution in [3.8, 4) is 0 Å². The van der Waals surface area contributed by atoms with Gasteiger partial charge in [0.2, 0.25) is 5.91 Å². The van der Waals surface area contributed by atoms with E-state index in [9.17, 15) is 9.59 Å². The minimum Gasteiger partial charge on any atom is -0.330 e. The molecule has 2 aliphatic rings. The zero-order valence-corrected chi connectivity index (χ0v) is 10.3. The zero-order valence-electron chi connectivity index (χ0n) is 10.3. The third kappa shape index (κ3) is 1.75. The Hall–Kier alpha value is -0.900. The maximum absolute atomic E-state index is 12.3. The third-order valence-electron chi connectivity index (χ3n) is 3.93. The van der Waals surface area contributed by atoms with Gasteiger partial charge in [0.05, 0.1) is 11.5 Å². The molecule has 2 saturated heterocycles. The number of carbonyl (C=O) groups excluding carboxylic acids is 2. The summed E-state index contributed by atoms with van der Waals surface area (Å²) in [4.78, 5) is 27.9. The number of hydrogen-bond donors (Lipinski definition) is 0. The van der Waals surface area contributed by atoms with Gasteiger partial charge in [-0.05, 0) is 33.9 Å². The minimum absolute atomic E-state index is 0.0928. The third-order valence-corrected chi connectivity index (χ3v) is 3.93. The Kier molecular flexibility index (Phi) is 2.78. The Morgan fingerprint density at radius 2 is 2.06 bits per heavy atom. The molecule has 0 spiro atoms. The molecule has 2 rings (SSSR count). The molecule has 2 heterocycles. The second-order valence-electron chi connectivity index (χ2n) is 5.47. The van der Waals surface area contributed by atoms with Crippen LogP contribution in [0.3, 0.4) is 0 Å². The topological polar surface area (TPSA) is 40.6 Å². The van der Waals surface area contributed by atoms with Crippen molar-refractivity contribution in [1.82, 2.24) is 9.80 Å². The van der Waals surface area contributed by atoms with Crippen LogP contribution in [0.5, 0.6) is 0 Å². The zero-order chi connectivity index (χ0) is 11.9. The van der Waals surface area contributed by atoms with Gasteiger partial charge in [-0.2, -0.15) is 0 Å². The SMILES string of the molecule is CN1CCC(C(=O)N2CCC(=O)C2(C)C)C1. The summed E-state index contributed by atoms with van der Waals surface area (Å²) >= 11 is 0. The second-order valence-corrected chi connectivity index (χ2v) is 5.47. The molecular weight excluding hydrogens is 204 g/mol. The normalized spacial score (nSPS) is 30.1. The summed E-state index contributed by atoms with van der Waals surface area (Å²) < 4.78 is 0. The molecule has 0 aromatic carbocycles. The monoisotopic (exact) mass is 224 g/mol. The summed E-state index contributed by atoms with van der Waals surface area (Å²) in [5.41, 5.74) is -0.585. The summed E-state index contributed by atoms with van der Waals surface area (Å²) in [7, 11) is 2.04. The molecule has 4 nitrogen and oxygen atoms in total. The van der Waals surface area contributed by atoms with Gasteiger partial charge >= 0.3 is 0 Å². The van der Waals surface area contributed by atoms with Gasteiger partial charge in [0.15, 0.2) is 5.78 Å². The quantitative estimate of drug-likeness (QED) is 0.652. The van der Waals surface area contributed by atoms with E-state index < -0.39 is 5.54 Å². The van der Waals surface area contributed by atoms with E-state index in [0.29, 0.717) is 13.0 Å². The van der Waals surface area contributed by atoms with Gasteiger partial charge in [0, 0.05) is 19.5 Å². The molecule has 0 bridgehead atoms. The number of Topliss-reactive ketones (excluding diaryl/α,β-unsaturated/α-hetero) is 1. The molecule has 0 aliphatic carbocycles. The number of rotatable bonds is 1. The molecule has 2 aliphatic heterocycles. The number of likely N-dealkylation sites (tertiary alicyclic amines) is 2. The van der Waals surface area contributed by atoms with Crippen molar-refractivity contribution in [1.29, 1.82) is 0 Å². The van der Waals surface area contributed by atoms with Crippen LogP contribution in [0.15, 0.2) is 0 Å². The molecule has 2 fully saturated rings. The van der Waals surface area contributed by atoms with Gasteiger partial charge in [-0.1, -0.05) is 0 Å². The van der Waals surface area contributed by atoms with E-state index in [2.05, 4.69) is 4.90 Å². The lowest BCUT2D eigenvalue weighted by Gasteiger charge is -2.32. The Morgan fingerprint density at radius 3 is 2.50 bits per heavy atom. The highest BCUT2D eigenvalue weighted by molar-refractivity contribution is 5.96. The summed E-state index contributed by atoms with van der Waals surface area (Å²) in [5.74, 6) is 0.447. The van der Waals surface area contributed by atoms with E-state index in [1.54, 1.807) is 4.90 Å². The molecule has 4 heteroatoms. The lowest BCUT2D eigenvalue weighted by molar-refractivity contribution is -0.142. The Bertz CT molecular complexity index is 325. The average Bonchev–Trinajstić information content (AvgIpc) is 2.73. The molecule has 90 valence electrons. The van der Waals surface area contributed by atoms with E-state index in [1.165, 1.54) is 0 Å². The average molecular weight is 224 g/mol. The molecule has 0 N–H and O–H groups in total. The molecule has 1 amide bonds. The van der Waals surface area contributed by atoms with Crippen LogP contribution in [0.2, 0.25) is 0 Å². The number of nitrogens with zero attached hydrogens (tertiary/aromatic N) is 2. The Labute approximate surface area is 96.6 Å². The van der Waals surface area contributed by atoms with Crippen LogP contribution < -0.4 is 0 Å². The molecule has 0 saturated carbocycles. The van der Waals surface area contributed by atoms with Crippen molar-refractivity contribution in [3.63, 3.8) is 0 Å². The predicted octanol–water partition coefficient (Wildman–Crippen LogP) is 0.518.